The molecular formula is C26H24ClN5O8P2. The topological polar surface area (TPSA) is 200 Å². The van der Waals surface area contributed by atoms with Gasteiger partial charge in [0.25, 0.3) is 0 Å². The van der Waals surface area contributed by atoms with Crippen molar-refractivity contribution >= 4 is 70.8 Å². The van der Waals surface area contributed by atoms with E-state index in [1.807, 2.05) is 36.4 Å². The molecule has 2 unspecified atom stereocenters. The summed E-state index contributed by atoms with van der Waals surface area (Å²) in [5, 5.41) is 28.5. The minimum absolute atomic E-state index is 0.123. The van der Waals surface area contributed by atoms with Crippen molar-refractivity contribution < 1.29 is 38.8 Å². The van der Waals surface area contributed by atoms with E-state index in [4.69, 9.17) is 26.1 Å². The Morgan fingerprint density at radius 1 is 0.976 bits per heavy atom. The largest absolute Gasteiger partial charge is 0.506 e. The van der Waals surface area contributed by atoms with Gasteiger partial charge in [0.1, 0.15) is 18.0 Å². The number of benzene rings is 3. The second-order valence-corrected chi connectivity index (χ2v) is 14.9. The summed E-state index contributed by atoms with van der Waals surface area (Å²) in [4.78, 5) is 40.9. The molecule has 0 aliphatic carbocycles. The highest BCUT2D eigenvalue weighted by atomic mass is 35.5. The van der Waals surface area contributed by atoms with E-state index < -0.39 is 45.1 Å². The Morgan fingerprint density at radius 3 is 2.38 bits per heavy atom. The predicted molar refractivity (Wildman–Crippen MR) is 157 cm³/mol. The van der Waals surface area contributed by atoms with Crippen LogP contribution in [0.5, 0.6) is 0 Å². The number of halogens is 1. The van der Waals surface area contributed by atoms with Gasteiger partial charge in [0.05, 0.1) is 0 Å². The molecule has 0 radical (unpaired) electrons. The second kappa shape index (κ2) is 10.6. The molecule has 3 heterocycles. The van der Waals surface area contributed by atoms with E-state index in [2.05, 4.69) is 38.5 Å². The highest BCUT2D eigenvalue weighted by molar-refractivity contribution is 7.72. The number of anilines is 2. The summed E-state index contributed by atoms with van der Waals surface area (Å²) >= 11 is 6.24. The van der Waals surface area contributed by atoms with E-state index in [9.17, 15) is 24.2 Å². The van der Waals surface area contributed by atoms with Gasteiger partial charge in [-0.1, -0.05) is 30.3 Å². The first-order valence-corrected chi connectivity index (χ1v) is 16.8. The van der Waals surface area contributed by atoms with Crippen molar-refractivity contribution in [1.29, 1.82) is 0 Å². The van der Waals surface area contributed by atoms with Crippen LogP contribution in [0.1, 0.15) is 12.6 Å². The molecule has 3 atom stereocenters. The third-order valence-corrected chi connectivity index (χ3v) is 11.2. The lowest BCUT2D eigenvalue weighted by atomic mass is 10.0. The van der Waals surface area contributed by atoms with Crippen molar-refractivity contribution in [3.63, 3.8) is 0 Å². The minimum atomic E-state index is -4.74. The number of hydrogen-bond acceptors (Lipinski definition) is 9. The zero-order chi connectivity index (χ0) is 29.8. The molecular weight excluding hydrogens is 608 g/mol. The third-order valence-electron chi connectivity index (χ3n) is 6.83. The quantitative estimate of drug-likeness (QED) is 0.0763. The van der Waals surface area contributed by atoms with Crippen molar-refractivity contribution in [2.45, 2.75) is 18.8 Å². The molecule has 0 saturated carbocycles. The fourth-order valence-corrected chi connectivity index (χ4v) is 8.50. The van der Waals surface area contributed by atoms with Gasteiger partial charge in [0, 0.05) is 18.3 Å². The lowest BCUT2D eigenvalue weighted by molar-refractivity contribution is -0.00730. The summed E-state index contributed by atoms with van der Waals surface area (Å²) in [5.41, 5.74) is 1.19. The molecule has 42 heavy (non-hydrogen) atoms. The lowest BCUT2D eigenvalue weighted by Gasteiger charge is -2.18. The van der Waals surface area contributed by atoms with Gasteiger partial charge in [-0.05, 0) is 57.4 Å². The average Bonchev–Trinajstić information content (AvgIpc) is 3.45. The number of ether oxygens (including phenoxy) is 1. The first-order valence-electron chi connectivity index (χ1n) is 12.6. The van der Waals surface area contributed by atoms with Gasteiger partial charge in [0.15, 0.2) is 28.8 Å². The molecule has 6 N–H and O–H groups in total. The van der Waals surface area contributed by atoms with E-state index in [0.717, 1.165) is 21.5 Å². The Labute approximate surface area is 242 Å². The van der Waals surface area contributed by atoms with Crippen LogP contribution in [0.25, 0.3) is 32.7 Å². The number of fused-ring (bicyclic) bond motifs is 3. The molecule has 1 aliphatic rings. The molecule has 0 saturated heterocycles. The monoisotopic (exact) mass is 631 g/mol. The van der Waals surface area contributed by atoms with Crippen molar-refractivity contribution in [3.8, 4) is 0 Å². The molecule has 0 spiro atoms. The zero-order valence-corrected chi connectivity index (χ0v) is 24.1. The number of aromatic nitrogens is 4. The van der Waals surface area contributed by atoms with Gasteiger partial charge in [-0.3, -0.25) is 13.7 Å². The fraction of sp³-hybridized carbons (Fsp3) is 0.192. The number of aliphatic hydroxyl groups excluding tert-OH is 2. The second-order valence-electron chi connectivity index (χ2n) is 9.94. The molecule has 2 aromatic heterocycles. The molecule has 16 heteroatoms. The van der Waals surface area contributed by atoms with Crippen molar-refractivity contribution in [2.24, 2.45) is 0 Å². The summed E-state index contributed by atoms with van der Waals surface area (Å²) in [6, 6.07) is 18.1. The minimum Gasteiger partial charge on any atom is -0.506 e. The highest BCUT2D eigenvalue weighted by Gasteiger charge is 2.39. The fourth-order valence-electron chi connectivity index (χ4n) is 4.92. The summed E-state index contributed by atoms with van der Waals surface area (Å²) in [6.45, 7) is 0. The predicted octanol–water partition coefficient (Wildman–Crippen LogP) is 4.98. The molecule has 3 aromatic carbocycles. The van der Waals surface area contributed by atoms with E-state index >= 15 is 0 Å². The van der Waals surface area contributed by atoms with Crippen molar-refractivity contribution in [1.82, 2.24) is 19.5 Å². The van der Waals surface area contributed by atoms with Crippen molar-refractivity contribution in [3.05, 3.63) is 77.7 Å². The van der Waals surface area contributed by atoms with Crippen LogP contribution in [0.2, 0.25) is 5.28 Å². The zero-order valence-electron chi connectivity index (χ0n) is 21.6. The first kappa shape index (κ1) is 28.6. The maximum atomic E-state index is 12.2. The van der Waals surface area contributed by atoms with Crippen LogP contribution in [-0.2, 0) is 13.9 Å². The van der Waals surface area contributed by atoms with Crippen LogP contribution in [0.15, 0.2) is 72.4 Å². The average molecular weight is 632 g/mol. The Morgan fingerprint density at radius 2 is 1.67 bits per heavy atom. The molecule has 218 valence electrons. The molecule has 5 aromatic rings. The maximum Gasteiger partial charge on any atom is 0.335 e. The van der Waals surface area contributed by atoms with Gasteiger partial charge >= 0.3 is 7.60 Å². The molecule has 6 rings (SSSR count). The van der Waals surface area contributed by atoms with Crippen LogP contribution in [-0.4, -0.2) is 62.6 Å². The number of nitrogens with zero attached hydrogens (tertiary/aromatic N) is 4. The van der Waals surface area contributed by atoms with Gasteiger partial charge in [-0.2, -0.15) is 9.97 Å². The van der Waals surface area contributed by atoms with Crippen LogP contribution < -0.4 is 5.32 Å². The molecule has 1 aliphatic heterocycles. The highest BCUT2D eigenvalue weighted by Crippen LogP contribution is 2.55. The Kier molecular flexibility index (Phi) is 7.23. The van der Waals surface area contributed by atoms with Gasteiger partial charge in [0.2, 0.25) is 18.9 Å². The van der Waals surface area contributed by atoms with Gasteiger partial charge in [-0.15, -0.1) is 0 Å². The number of aliphatic hydroxyl groups is 2. The standard InChI is InChI=1S/C26H24ClN5O8P2/c27-26-30-23(29-18-6-5-16-9-14-3-1-2-4-15(14)10-17(16)11-18)20-24(31-26)32(12-28-20)25-22(34)21(33)19(40-25)7-8-41(35,36)13-42(37,38)39/h1-6,9-12,22,25,33-34H,7-8,13H2,(H,35,36)(H,29,30,31)(H2,37,38,39)/t22?,25-/m1/s1. The van der Waals surface area contributed by atoms with Crippen LogP contribution >= 0.6 is 26.6 Å². The number of nitrogens with one attached hydrogen (secondary N) is 1. The summed E-state index contributed by atoms with van der Waals surface area (Å²) < 4.78 is 30.4. The van der Waals surface area contributed by atoms with E-state index in [0.29, 0.717) is 11.2 Å². The third kappa shape index (κ3) is 5.73. The lowest BCUT2D eigenvalue weighted by Crippen LogP contribution is -2.22. The van der Waals surface area contributed by atoms with Crippen LogP contribution in [0.4, 0.5) is 11.5 Å². The first-order chi connectivity index (χ1) is 19.9. The molecule has 0 fully saturated rings. The summed E-state index contributed by atoms with van der Waals surface area (Å²) in [7, 11) is -8.98. The Hall–Kier alpha value is -3.54. The Bertz CT molecular complexity index is 1990. The molecule has 13 nitrogen and oxygen atoms in total. The summed E-state index contributed by atoms with van der Waals surface area (Å²) in [5.74, 6) is -1.70. The van der Waals surface area contributed by atoms with E-state index in [1.165, 1.54) is 10.9 Å². The number of allylic oxidation sites excluding steroid dienone is 1. The molecule has 0 bridgehead atoms. The van der Waals surface area contributed by atoms with Crippen LogP contribution in [0, 0.1) is 0 Å². The van der Waals surface area contributed by atoms with Gasteiger partial charge < -0.3 is 34.9 Å². The van der Waals surface area contributed by atoms with Crippen LogP contribution in [0.3, 0.4) is 0 Å². The van der Waals surface area contributed by atoms with E-state index in [-0.39, 0.29) is 28.9 Å². The SMILES string of the molecule is O=P(O)(O)CP(=O)(O)CCC1=C(O)C(O)[C@H](n2cnc3c(Nc4ccc5cc6ccccc6cc5c4)nc(Cl)nc32)O1. The Balaban J connectivity index is 1.26. The van der Waals surface area contributed by atoms with E-state index in [1.54, 1.807) is 0 Å². The normalized spacial score (nSPS) is 19.0. The maximum absolute atomic E-state index is 12.2. The number of imidazole rings is 1. The smallest absolute Gasteiger partial charge is 0.335 e. The molecule has 0 amide bonds. The summed E-state index contributed by atoms with van der Waals surface area (Å²) in [6.07, 6.45) is -2.44. The van der Waals surface area contributed by atoms with Crippen molar-refractivity contribution in [2.75, 3.05) is 17.4 Å². The number of hydrogen-bond donors (Lipinski definition) is 6. The van der Waals surface area contributed by atoms with Gasteiger partial charge in [-0.25, -0.2) is 4.98 Å². The number of rotatable bonds is 8.